The number of hydrogen-bond donors (Lipinski definition) is 0. The van der Waals surface area contributed by atoms with E-state index < -0.39 is 0 Å². The van der Waals surface area contributed by atoms with Crippen LogP contribution in [0.5, 0.6) is 0 Å². The van der Waals surface area contributed by atoms with Crippen LogP contribution >= 0.6 is 11.3 Å². The Morgan fingerprint density at radius 2 is 2.40 bits per heavy atom. The predicted octanol–water partition coefficient (Wildman–Crippen LogP) is 2.41. The molecule has 0 aromatic carbocycles. The van der Waals surface area contributed by atoms with Gasteiger partial charge in [-0.25, -0.2) is 0 Å². The largest absolute Gasteiger partial charge is 0.381 e. The Hall–Kier alpha value is -1.24. The highest BCUT2D eigenvalue weighted by molar-refractivity contribution is 7.08. The van der Waals surface area contributed by atoms with E-state index in [-0.39, 0.29) is 0 Å². The van der Waals surface area contributed by atoms with Gasteiger partial charge in [-0.15, -0.1) is 0 Å². The van der Waals surface area contributed by atoms with Crippen molar-refractivity contribution >= 4 is 11.3 Å². The third-order valence-corrected chi connectivity index (χ3v) is 4.99. The summed E-state index contributed by atoms with van der Waals surface area (Å²) in [7, 11) is 0. The molecule has 2 aliphatic rings. The molecular formula is C14H17N3O2S. The minimum Gasteiger partial charge on any atom is -0.381 e. The van der Waals surface area contributed by atoms with Gasteiger partial charge in [-0.05, 0) is 30.8 Å². The summed E-state index contributed by atoms with van der Waals surface area (Å²) in [5.74, 6) is 1.40. The molecule has 0 aliphatic carbocycles. The van der Waals surface area contributed by atoms with Crippen molar-refractivity contribution in [2.75, 3.05) is 26.3 Å². The van der Waals surface area contributed by atoms with E-state index in [9.17, 15) is 0 Å². The first kappa shape index (κ1) is 12.5. The van der Waals surface area contributed by atoms with E-state index in [1.807, 2.05) is 16.8 Å². The lowest BCUT2D eigenvalue weighted by Gasteiger charge is -2.20. The second kappa shape index (κ2) is 4.95. The van der Waals surface area contributed by atoms with Crippen LogP contribution in [0.15, 0.2) is 21.3 Å². The van der Waals surface area contributed by atoms with Crippen molar-refractivity contribution in [3.05, 3.63) is 22.7 Å². The number of aromatic nitrogens is 2. The van der Waals surface area contributed by atoms with E-state index in [1.165, 1.54) is 12.8 Å². The van der Waals surface area contributed by atoms with Crippen molar-refractivity contribution in [3.8, 4) is 11.5 Å². The van der Waals surface area contributed by atoms with Gasteiger partial charge >= 0.3 is 0 Å². The zero-order valence-electron chi connectivity index (χ0n) is 11.2. The predicted molar refractivity (Wildman–Crippen MR) is 75.4 cm³/mol. The molecule has 4 rings (SSSR count). The molecule has 0 bridgehead atoms. The zero-order chi connectivity index (χ0) is 13.4. The van der Waals surface area contributed by atoms with Crippen molar-refractivity contribution < 1.29 is 9.26 Å². The quantitative estimate of drug-likeness (QED) is 0.869. The Bertz CT molecular complexity index is 575. The average molecular weight is 291 g/mol. The van der Waals surface area contributed by atoms with Crippen LogP contribution in [0.25, 0.3) is 11.5 Å². The lowest BCUT2D eigenvalue weighted by molar-refractivity contribution is 0.151. The maximum absolute atomic E-state index is 5.56. The fourth-order valence-electron chi connectivity index (χ4n) is 3.16. The first-order valence-electron chi connectivity index (χ1n) is 6.98. The van der Waals surface area contributed by atoms with Gasteiger partial charge in [0, 0.05) is 23.9 Å². The Balaban J connectivity index is 1.43. The fourth-order valence-corrected chi connectivity index (χ4v) is 3.79. The SMILES string of the molecule is c1cc(-c2nc(CN3CC[C@@]4(CCOC4)C3)no2)cs1. The summed E-state index contributed by atoms with van der Waals surface area (Å²) >= 11 is 1.64. The number of thiophene rings is 1. The molecule has 0 unspecified atom stereocenters. The molecule has 2 saturated heterocycles. The van der Waals surface area contributed by atoms with E-state index in [0.717, 1.165) is 44.2 Å². The van der Waals surface area contributed by atoms with Gasteiger partial charge in [-0.3, -0.25) is 4.90 Å². The third-order valence-electron chi connectivity index (χ3n) is 4.30. The molecule has 2 aromatic heterocycles. The summed E-state index contributed by atoms with van der Waals surface area (Å²) in [5, 5.41) is 8.14. The molecule has 20 heavy (non-hydrogen) atoms. The second-order valence-electron chi connectivity index (χ2n) is 5.79. The summed E-state index contributed by atoms with van der Waals surface area (Å²) in [6, 6.07) is 2.00. The molecular weight excluding hydrogens is 274 g/mol. The smallest absolute Gasteiger partial charge is 0.258 e. The number of nitrogens with zero attached hydrogens (tertiary/aromatic N) is 3. The summed E-state index contributed by atoms with van der Waals surface area (Å²) in [5.41, 5.74) is 1.40. The lowest BCUT2D eigenvalue weighted by Crippen LogP contribution is -2.27. The second-order valence-corrected chi connectivity index (χ2v) is 6.57. The first-order chi connectivity index (χ1) is 9.83. The normalized spacial score (nSPS) is 26.8. The van der Waals surface area contributed by atoms with Gasteiger partial charge < -0.3 is 9.26 Å². The molecule has 1 spiro atoms. The van der Waals surface area contributed by atoms with Crippen LogP contribution < -0.4 is 0 Å². The van der Waals surface area contributed by atoms with Crippen LogP contribution in [0.3, 0.4) is 0 Å². The molecule has 1 atom stereocenters. The van der Waals surface area contributed by atoms with Crippen LogP contribution in [0.4, 0.5) is 0 Å². The Kier molecular flexibility index (Phi) is 3.09. The molecule has 2 fully saturated rings. The highest BCUT2D eigenvalue weighted by Gasteiger charge is 2.41. The average Bonchev–Trinajstić information content (AvgIpc) is 3.21. The standard InChI is InChI=1S/C14H17N3O2S/c1-6-20-8-11(1)13-15-12(16-19-13)7-17-4-2-14(9-17)3-5-18-10-14/h1,6,8H,2-5,7,9-10H2/t14-/m1/s1. The third kappa shape index (κ3) is 2.28. The van der Waals surface area contributed by atoms with Crippen LogP contribution in [-0.4, -0.2) is 41.3 Å². The maximum atomic E-state index is 5.56. The molecule has 0 amide bonds. The monoisotopic (exact) mass is 291 g/mol. The first-order valence-corrected chi connectivity index (χ1v) is 7.93. The molecule has 2 aromatic rings. The molecule has 5 nitrogen and oxygen atoms in total. The fraction of sp³-hybridized carbons (Fsp3) is 0.571. The van der Waals surface area contributed by atoms with Gasteiger partial charge in [-0.2, -0.15) is 16.3 Å². The minimum atomic E-state index is 0.389. The molecule has 0 saturated carbocycles. The zero-order valence-corrected chi connectivity index (χ0v) is 12.1. The maximum Gasteiger partial charge on any atom is 0.258 e. The van der Waals surface area contributed by atoms with Crippen LogP contribution in [0.2, 0.25) is 0 Å². The summed E-state index contributed by atoms with van der Waals surface area (Å²) in [6.07, 6.45) is 2.41. The topological polar surface area (TPSA) is 51.4 Å². The molecule has 0 radical (unpaired) electrons. The van der Waals surface area contributed by atoms with Crippen molar-refractivity contribution in [1.29, 1.82) is 0 Å². The number of hydrogen-bond acceptors (Lipinski definition) is 6. The van der Waals surface area contributed by atoms with Gasteiger partial charge in [0.25, 0.3) is 5.89 Å². The van der Waals surface area contributed by atoms with Gasteiger partial charge in [0.05, 0.1) is 18.7 Å². The highest BCUT2D eigenvalue weighted by Crippen LogP contribution is 2.38. The highest BCUT2D eigenvalue weighted by atomic mass is 32.1. The van der Waals surface area contributed by atoms with E-state index in [0.29, 0.717) is 11.3 Å². The van der Waals surface area contributed by atoms with E-state index >= 15 is 0 Å². The Labute approximate surface area is 121 Å². The summed E-state index contributed by atoms with van der Waals surface area (Å²) in [6.45, 7) is 4.80. The van der Waals surface area contributed by atoms with Crippen molar-refractivity contribution in [3.63, 3.8) is 0 Å². The number of ether oxygens (including phenoxy) is 1. The van der Waals surface area contributed by atoms with Crippen molar-refractivity contribution in [1.82, 2.24) is 15.0 Å². The van der Waals surface area contributed by atoms with E-state index in [4.69, 9.17) is 9.26 Å². The Morgan fingerprint density at radius 3 is 3.20 bits per heavy atom. The van der Waals surface area contributed by atoms with Gasteiger partial charge in [0.1, 0.15) is 0 Å². The number of rotatable bonds is 3. The van der Waals surface area contributed by atoms with Crippen molar-refractivity contribution in [2.24, 2.45) is 5.41 Å². The van der Waals surface area contributed by atoms with Crippen LogP contribution in [0.1, 0.15) is 18.7 Å². The van der Waals surface area contributed by atoms with E-state index in [1.54, 1.807) is 11.3 Å². The molecule has 6 heteroatoms. The molecule has 2 aliphatic heterocycles. The summed E-state index contributed by atoms with van der Waals surface area (Å²) < 4.78 is 10.9. The van der Waals surface area contributed by atoms with Gasteiger partial charge in [0.2, 0.25) is 0 Å². The van der Waals surface area contributed by atoms with Crippen LogP contribution in [0, 0.1) is 5.41 Å². The molecule has 106 valence electrons. The van der Waals surface area contributed by atoms with Crippen molar-refractivity contribution in [2.45, 2.75) is 19.4 Å². The lowest BCUT2D eigenvalue weighted by atomic mass is 9.87. The molecule has 4 heterocycles. The van der Waals surface area contributed by atoms with Crippen LogP contribution in [-0.2, 0) is 11.3 Å². The van der Waals surface area contributed by atoms with Gasteiger partial charge in [-0.1, -0.05) is 5.16 Å². The summed E-state index contributed by atoms with van der Waals surface area (Å²) in [4.78, 5) is 6.90. The Morgan fingerprint density at radius 1 is 1.40 bits per heavy atom. The minimum absolute atomic E-state index is 0.389. The number of likely N-dealkylation sites (tertiary alicyclic amines) is 1. The molecule has 0 N–H and O–H groups in total. The van der Waals surface area contributed by atoms with Gasteiger partial charge in [0.15, 0.2) is 5.82 Å². The van der Waals surface area contributed by atoms with E-state index in [2.05, 4.69) is 15.0 Å².